The smallest absolute Gasteiger partial charge is 0.338 e. The number of rotatable bonds is 4. The fraction of sp³-hybridized carbons (Fsp3) is 0.462. The zero-order chi connectivity index (χ0) is 16.4. The summed E-state index contributed by atoms with van der Waals surface area (Å²) in [6.45, 7) is 6.31. The molecule has 2 N–H and O–H groups in total. The van der Waals surface area contributed by atoms with E-state index in [0.717, 1.165) is 6.07 Å². The Morgan fingerprint density at radius 3 is 2.43 bits per heavy atom. The van der Waals surface area contributed by atoms with Crippen LogP contribution in [0.2, 0.25) is 5.02 Å². The molecule has 0 heterocycles. The van der Waals surface area contributed by atoms with Gasteiger partial charge in [0.1, 0.15) is 0 Å². The lowest BCUT2D eigenvalue weighted by atomic mass is 9.93. The number of esters is 1. The summed E-state index contributed by atoms with van der Waals surface area (Å²) in [6.07, 6.45) is 0.686. The molecule has 5 nitrogen and oxygen atoms in total. The van der Waals surface area contributed by atoms with Gasteiger partial charge in [-0.15, -0.1) is 0 Å². The van der Waals surface area contributed by atoms with E-state index in [1.807, 2.05) is 20.8 Å². The van der Waals surface area contributed by atoms with Crippen molar-refractivity contribution in [3.63, 3.8) is 0 Å². The molecular formula is C13H17BrClNO4S. The Bertz CT molecular complexity index is 653. The van der Waals surface area contributed by atoms with Gasteiger partial charge < -0.3 is 4.74 Å². The van der Waals surface area contributed by atoms with Crippen molar-refractivity contribution < 1.29 is 17.9 Å². The first-order chi connectivity index (χ1) is 9.42. The largest absolute Gasteiger partial charge is 0.462 e. The Hall–Kier alpha value is -0.630. The highest BCUT2D eigenvalue weighted by Gasteiger charge is 2.20. The third-order valence-corrected chi connectivity index (χ3v) is 5.20. The molecule has 0 spiro atoms. The third-order valence-electron chi connectivity index (χ3n) is 2.62. The van der Waals surface area contributed by atoms with Crippen molar-refractivity contribution in [2.75, 3.05) is 6.61 Å². The predicted octanol–water partition coefficient (Wildman–Crippen LogP) is 3.34. The van der Waals surface area contributed by atoms with E-state index in [9.17, 15) is 13.2 Å². The molecule has 0 aliphatic carbocycles. The molecule has 0 amide bonds. The molecule has 1 aromatic carbocycles. The second kappa shape index (κ2) is 6.64. The Kier molecular flexibility index (Phi) is 5.83. The van der Waals surface area contributed by atoms with Crippen LogP contribution in [0.5, 0.6) is 0 Å². The summed E-state index contributed by atoms with van der Waals surface area (Å²) < 4.78 is 28.2. The van der Waals surface area contributed by atoms with Crippen LogP contribution in [0.25, 0.3) is 0 Å². The maximum Gasteiger partial charge on any atom is 0.338 e. The van der Waals surface area contributed by atoms with Crippen molar-refractivity contribution in [1.82, 2.24) is 0 Å². The average Bonchev–Trinajstić information content (AvgIpc) is 2.29. The minimum absolute atomic E-state index is 0.0312. The molecule has 0 saturated heterocycles. The molecule has 0 aromatic heterocycles. The SMILES string of the molecule is CC(C)(C)CCOC(=O)c1cc(Cl)c(Br)c(S(N)(=O)=O)c1. The molecule has 1 aromatic rings. The maximum absolute atomic E-state index is 11.9. The molecule has 0 aliphatic rings. The first-order valence-corrected chi connectivity index (χ1v) is 8.82. The van der Waals surface area contributed by atoms with Gasteiger partial charge >= 0.3 is 5.97 Å². The van der Waals surface area contributed by atoms with Crippen LogP contribution in [-0.2, 0) is 14.8 Å². The van der Waals surface area contributed by atoms with Crippen molar-refractivity contribution in [3.05, 3.63) is 27.2 Å². The molecule has 0 aliphatic heterocycles. The Labute approximate surface area is 138 Å². The Balaban J connectivity index is 2.99. The van der Waals surface area contributed by atoms with E-state index in [0.29, 0.717) is 6.42 Å². The number of nitrogens with two attached hydrogens (primary N) is 1. The third kappa shape index (κ3) is 5.58. The molecule has 118 valence electrons. The summed E-state index contributed by atoms with van der Waals surface area (Å²) in [5.41, 5.74) is 0.0739. The van der Waals surface area contributed by atoms with Crippen LogP contribution < -0.4 is 5.14 Å². The van der Waals surface area contributed by atoms with Crippen molar-refractivity contribution in [2.24, 2.45) is 10.6 Å². The molecule has 21 heavy (non-hydrogen) atoms. The zero-order valence-corrected chi connectivity index (χ0v) is 15.1. The number of benzene rings is 1. The molecule has 0 unspecified atom stereocenters. The number of carbonyl (C=O) groups excluding carboxylic acids is 1. The van der Waals surface area contributed by atoms with Crippen LogP contribution in [0.1, 0.15) is 37.6 Å². The topological polar surface area (TPSA) is 86.5 Å². The van der Waals surface area contributed by atoms with Crippen molar-refractivity contribution >= 4 is 43.5 Å². The Morgan fingerprint density at radius 1 is 1.38 bits per heavy atom. The van der Waals surface area contributed by atoms with Crippen LogP contribution in [0.3, 0.4) is 0 Å². The lowest BCUT2D eigenvalue weighted by Gasteiger charge is -2.17. The van der Waals surface area contributed by atoms with Gasteiger partial charge in [-0.2, -0.15) is 0 Å². The average molecular weight is 399 g/mol. The number of primary sulfonamides is 1. The predicted molar refractivity (Wildman–Crippen MR) is 84.9 cm³/mol. The highest BCUT2D eigenvalue weighted by atomic mass is 79.9. The second-order valence-corrected chi connectivity index (χ2v) is 8.49. The van der Waals surface area contributed by atoms with Crippen LogP contribution in [0.15, 0.2) is 21.5 Å². The highest BCUT2D eigenvalue weighted by Crippen LogP contribution is 2.31. The maximum atomic E-state index is 11.9. The quantitative estimate of drug-likeness (QED) is 0.788. The molecule has 0 fully saturated rings. The van der Waals surface area contributed by atoms with Gasteiger partial charge in [0, 0.05) is 0 Å². The van der Waals surface area contributed by atoms with Gasteiger partial charge in [-0.25, -0.2) is 18.4 Å². The molecule has 0 bridgehead atoms. The fourth-order valence-electron chi connectivity index (χ4n) is 1.42. The van der Waals surface area contributed by atoms with Gasteiger partial charge in [0.2, 0.25) is 10.0 Å². The summed E-state index contributed by atoms with van der Waals surface area (Å²) >= 11 is 8.94. The number of halogens is 2. The number of hydrogen-bond donors (Lipinski definition) is 1. The molecule has 0 saturated carbocycles. The van der Waals surface area contributed by atoms with E-state index in [-0.39, 0.29) is 32.0 Å². The van der Waals surface area contributed by atoms with E-state index < -0.39 is 16.0 Å². The lowest BCUT2D eigenvalue weighted by molar-refractivity contribution is 0.0464. The van der Waals surface area contributed by atoms with Gasteiger partial charge in [0.15, 0.2) is 0 Å². The molecule has 1 rings (SSSR count). The normalized spacial score (nSPS) is 12.3. The number of sulfonamides is 1. The lowest BCUT2D eigenvalue weighted by Crippen LogP contribution is -2.16. The number of hydrogen-bond acceptors (Lipinski definition) is 4. The van der Waals surface area contributed by atoms with Gasteiger partial charge in [-0.05, 0) is 39.9 Å². The van der Waals surface area contributed by atoms with Crippen LogP contribution in [-0.4, -0.2) is 21.0 Å². The first kappa shape index (κ1) is 18.4. The van der Waals surface area contributed by atoms with Crippen LogP contribution in [0, 0.1) is 5.41 Å². The zero-order valence-electron chi connectivity index (χ0n) is 11.9. The van der Waals surface area contributed by atoms with E-state index >= 15 is 0 Å². The molecule has 0 radical (unpaired) electrons. The van der Waals surface area contributed by atoms with Crippen LogP contribution in [0.4, 0.5) is 0 Å². The molecule has 0 atom stereocenters. The summed E-state index contributed by atoms with van der Waals surface area (Å²) in [4.78, 5) is 11.7. The van der Waals surface area contributed by atoms with E-state index in [4.69, 9.17) is 21.5 Å². The second-order valence-electron chi connectivity index (χ2n) is 5.76. The monoisotopic (exact) mass is 397 g/mol. The minimum Gasteiger partial charge on any atom is -0.462 e. The van der Waals surface area contributed by atoms with Crippen molar-refractivity contribution in [2.45, 2.75) is 32.1 Å². The summed E-state index contributed by atoms with van der Waals surface area (Å²) in [7, 11) is -3.99. The molecular weight excluding hydrogens is 382 g/mol. The van der Waals surface area contributed by atoms with Crippen molar-refractivity contribution in [3.8, 4) is 0 Å². The van der Waals surface area contributed by atoms with Gasteiger partial charge in [-0.1, -0.05) is 32.4 Å². The number of ether oxygens (including phenoxy) is 1. The van der Waals surface area contributed by atoms with Gasteiger partial charge in [-0.3, -0.25) is 0 Å². The Morgan fingerprint density at radius 2 is 1.95 bits per heavy atom. The number of carbonyl (C=O) groups is 1. The summed E-state index contributed by atoms with van der Waals surface area (Å²) in [5, 5.41) is 5.16. The van der Waals surface area contributed by atoms with E-state index in [1.54, 1.807) is 0 Å². The highest BCUT2D eigenvalue weighted by molar-refractivity contribution is 9.10. The minimum atomic E-state index is -3.99. The fourth-order valence-corrected chi connectivity index (χ4v) is 3.25. The molecule has 8 heteroatoms. The van der Waals surface area contributed by atoms with Crippen molar-refractivity contribution in [1.29, 1.82) is 0 Å². The summed E-state index contributed by atoms with van der Waals surface area (Å²) in [6, 6.07) is 2.48. The van der Waals surface area contributed by atoms with E-state index in [1.165, 1.54) is 6.07 Å². The van der Waals surface area contributed by atoms with E-state index in [2.05, 4.69) is 15.9 Å². The van der Waals surface area contributed by atoms with Gasteiger partial charge in [0.05, 0.1) is 26.6 Å². The standard InChI is InChI=1S/C13H17BrClNO4S/c1-13(2,3)4-5-20-12(17)8-6-9(15)11(14)10(7-8)21(16,18)19/h6-7H,4-5H2,1-3H3,(H2,16,18,19). The first-order valence-electron chi connectivity index (χ1n) is 6.11. The van der Waals surface area contributed by atoms with Gasteiger partial charge in [0.25, 0.3) is 0 Å². The van der Waals surface area contributed by atoms with Crippen LogP contribution >= 0.6 is 27.5 Å². The summed E-state index contributed by atoms with van der Waals surface area (Å²) in [5.74, 6) is -0.640.